The van der Waals surface area contributed by atoms with Gasteiger partial charge in [-0.1, -0.05) is 101 Å². The Bertz CT molecular complexity index is 2670. The Kier molecular flexibility index (Phi) is 14.2. The fourth-order valence-corrected chi connectivity index (χ4v) is 10.8. The van der Waals surface area contributed by atoms with Crippen molar-refractivity contribution in [2.24, 2.45) is 0 Å². The molecule has 0 unspecified atom stereocenters. The zero-order valence-electron chi connectivity index (χ0n) is 36.5. The predicted molar refractivity (Wildman–Crippen MR) is 257 cm³/mol. The van der Waals surface area contributed by atoms with Crippen LogP contribution in [0.5, 0.6) is 23.0 Å². The Morgan fingerprint density at radius 3 is 1.09 bits per heavy atom. The van der Waals surface area contributed by atoms with E-state index in [1.54, 1.807) is 0 Å². The third-order valence-corrected chi connectivity index (χ3v) is 14.3. The highest BCUT2D eigenvalue weighted by molar-refractivity contribution is 8.01. The lowest BCUT2D eigenvalue weighted by molar-refractivity contribution is -0.385. The van der Waals surface area contributed by atoms with Crippen LogP contribution in [0.25, 0.3) is 0 Å². The molecule has 4 N–H and O–H groups in total. The third-order valence-electron chi connectivity index (χ3n) is 10.00. The lowest BCUT2D eigenvalue weighted by Gasteiger charge is -2.25. The van der Waals surface area contributed by atoms with Crippen molar-refractivity contribution in [1.29, 1.82) is 0 Å². The van der Waals surface area contributed by atoms with Crippen molar-refractivity contribution in [3.63, 3.8) is 0 Å². The van der Waals surface area contributed by atoms with Crippen molar-refractivity contribution < 1.29 is 39.1 Å². The molecule has 2 amide bonds. The monoisotopic (exact) mass is 964 g/mol. The average Bonchev–Trinajstić information content (AvgIpc) is 3.25. The first-order valence-electron chi connectivity index (χ1n) is 20.3. The maximum absolute atomic E-state index is 13.4. The van der Waals surface area contributed by atoms with E-state index in [4.69, 9.17) is 9.47 Å². The van der Waals surface area contributed by atoms with Gasteiger partial charge in [0.25, 0.3) is 23.2 Å². The second-order valence-corrected chi connectivity index (χ2v) is 21.3. The van der Waals surface area contributed by atoms with E-state index in [9.17, 15) is 40.0 Å². The largest absolute Gasteiger partial charge is 0.506 e. The molecule has 0 spiro atoms. The molecule has 0 aliphatic carbocycles. The van der Waals surface area contributed by atoms with Crippen molar-refractivity contribution in [1.82, 2.24) is 0 Å². The van der Waals surface area contributed by atoms with Gasteiger partial charge in [0.15, 0.2) is 13.2 Å². The van der Waals surface area contributed by atoms with Gasteiger partial charge < -0.3 is 30.3 Å². The average molecular weight is 965 g/mol. The summed E-state index contributed by atoms with van der Waals surface area (Å²) >= 11 is 4.97. The molecule has 14 nitrogen and oxygen atoms in total. The summed E-state index contributed by atoms with van der Waals surface area (Å²) < 4.78 is 12.8. The van der Waals surface area contributed by atoms with E-state index < -0.39 is 34.9 Å². The molecule has 0 saturated carbocycles. The number of aromatic hydroxyl groups is 2. The number of phenolic OH excluding ortho intramolecular Hbond substituents is 2. The third kappa shape index (κ3) is 11.4. The summed E-state index contributed by atoms with van der Waals surface area (Å²) in [6, 6.07) is 29.4. The number of nitrogens with zero attached hydrogens (tertiary/aromatic N) is 2. The van der Waals surface area contributed by atoms with Gasteiger partial charge in [0.1, 0.15) is 23.0 Å². The minimum Gasteiger partial charge on any atom is -0.506 e. The van der Waals surface area contributed by atoms with Gasteiger partial charge in [-0.25, -0.2) is 0 Å². The first-order chi connectivity index (χ1) is 31.2. The van der Waals surface area contributed by atoms with Crippen LogP contribution in [0.1, 0.15) is 52.7 Å². The molecule has 0 aromatic heterocycles. The van der Waals surface area contributed by atoms with Crippen LogP contribution in [0, 0.1) is 20.2 Å². The van der Waals surface area contributed by atoms with Crippen molar-refractivity contribution in [3.05, 3.63) is 141 Å². The topological polar surface area (TPSA) is 203 Å². The second kappa shape index (κ2) is 19.6. The first-order valence-corrected chi connectivity index (χ1v) is 23.6. The number of carbonyl (C=O) groups excluding carboxylic acids is 2. The molecule has 1 aliphatic heterocycles. The van der Waals surface area contributed by atoms with E-state index in [0.29, 0.717) is 62.0 Å². The Morgan fingerprint density at radius 2 is 0.803 bits per heavy atom. The molecular formula is C48H44N4O10S4. The van der Waals surface area contributed by atoms with Crippen LogP contribution in [0.15, 0.2) is 148 Å². The fourth-order valence-electron chi connectivity index (χ4n) is 6.42. The number of hydrogen-bond donors (Lipinski definition) is 4. The number of nitro benzene ring substituents is 2. The Morgan fingerprint density at radius 1 is 0.515 bits per heavy atom. The number of benzene rings is 6. The van der Waals surface area contributed by atoms with E-state index in [1.165, 1.54) is 95.6 Å². The van der Waals surface area contributed by atoms with Gasteiger partial charge in [0, 0.05) is 35.6 Å². The highest BCUT2D eigenvalue weighted by Crippen LogP contribution is 2.54. The summed E-state index contributed by atoms with van der Waals surface area (Å²) in [5.41, 5.74) is 1.58. The number of amides is 2. The van der Waals surface area contributed by atoms with Crippen LogP contribution in [-0.2, 0) is 20.4 Å². The van der Waals surface area contributed by atoms with Crippen LogP contribution in [-0.4, -0.2) is 45.1 Å². The van der Waals surface area contributed by atoms with Crippen LogP contribution >= 0.6 is 47.0 Å². The molecule has 0 saturated heterocycles. The molecule has 6 aromatic carbocycles. The van der Waals surface area contributed by atoms with Gasteiger partial charge in [-0.3, -0.25) is 29.8 Å². The number of rotatable bonds is 10. The van der Waals surface area contributed by atoms with Crippen LogP contribution in [0.4, 0.5) is 22.7 Å². The Labute approximate surface area is 397 Å². The summed E-state index contributed by atoms with van der Waals surface area (Å²) in [5, 5.41) is 52.0. The maximum atomic E-state index is 13.4. The lowest BCUT2D eigenvalue weighted by Crippen LogP contribution is -2.20. The number of phenols is 2. The molecule has 8 bridgehead atoms. The maximum Gasteiger partial charge on any atom is 0.269 e. The van der Waals surface area contributed by atoms with E-state index in [-0.39, 0.29) is 33.7 Å². The smallest absolute Gasteiger partial charge is 0.269 e. The number of ether oxygens (including phenoxy) is 2. The number of non-ortho nitro benzene ring substituents is 2. The number of anilines is 2. The van der Waals surface area contributed by atoms with E-state index in [2.05, 4.69) is 52.2 Å². The van der Waals surface area contributed by atoms with Gasteiger partial charge in [0.2, 0.25) is 0 Å². The second-order valence-electron chi connectivity index (χ2n) is 17.0. The van der Waals surface area contributed by atoms with Crippen molar-refractivity contribution >= 4 is 81.6 Å². The molecular weight excluding hydrogens is 921 g/mol. The van der Waals surface area contributed by atoms with E-state index >= 15 is 0 Å². The summed E-state index contributed by atoms with van der Waals surface area (Å²) in [5.74, 6) is -0.456. The lowest BCUT2D eigenvalue weighted by atomic mass is 9.87. The molecule has 6 aromatic rings. The van der Waals surface area contributed by atoms with E-state index in [1.807, 2.05) is 60.7 Å². The van der Waals surface area contributed by atoms with Crippen molar-refractivity contribution in [2.45, 2.75) is 91.5 Å². The van der Waals surface area contributed by atoms with E-state index in [0.717, 1.165) is 11.1 Å². The molecule has 340 valence electrons. The first kappa shape index (κ1) is 47.6. The Hall–Kier alpha value is -6.34. The summed E-state index contributed by atoms with van der Waals surface area (Å²) in [4.78, 5) is 52.4. The zero-order chi connectivity index (χ0) is 47.5. The van der Waals surface area contributed by atoms with Gasteiger partial charge in [0.05, 0.1) is 49.0 Å². The number of nitrogens with one attached hydrogen (secondary N) is 2. The van der Waals surface area contributed by atoms with Crippen molar-refractivity contribution in [3.8, 4) is 23.0 Å². The van der Waals surface area contributed by atoms with Crippen LogP contribution in [0.2, 0.25) is 0 Å². The highest BCUT2D eigenvalue weighted by Gasteiger charge is 2.27. The molecule has 7 rings (SSSR count). The number of hydrogen-bond acceptors (Lipinski definition) is 14. The predicted octanol–water partition coefficient (Wildman–Crippen LogP) is 12.5. The quantitative estimate of drug-likeness (QED) is 0.0744. The molecule has 0 radical (unpaired) electrons. The number of para-hydroxylation sites is 2. The zero-order valence-corrected chi connectivity index (χ0v) is 39.8. The summed E-state index contributed by atoms with van der Waals surface area (Å²) in [6.45, 7) is 11.5. The van der Waals surface area contributed by atoms with Gasteiger partial charge >= 0.3 is 0 Å². The van der Waals surface area contributed by atoms with Crippen LogP contribution in [0.3, 0.4) is 0 Å². The standard InChI is InChI=1S/C48H44N4O10S4/c1-47(2,3)27-21-37-43(55)39(23-27)66-40-24-28(48(4,5)6)22-38(44(40)56)65-36-12-8-10-34(46(36)62-26-42(54)50-30-15-19-32(20-16-30)52(59)60)63-33-9-7-11-35(64-37)45(33)61-25-41(53)49-29-13-17-31(18-14-29)51(57)58/h7-24,55-56H,25-26H2,1-6H3,(H,49,53)(H,50,54). The van der Waals surface area contributed by atoms with Gasteiger partial charge in [-0.05, 0) is 94.8 Å². The van der Waals surface area contributed by atoms with Gasteiger partial charge in [-0.2, -0.15) is 0 Å². The minimum absolute atomic E-state index is 0.00677. The minimum atomic E-state index is -0.532. The number of nitro groups is 2. The van der Waals surface area contributed by atoms with Crippen LogP contribution < -0.4 is 20.1 Å². The molecule has 1 heterocycles. The SMILES string of the molecule is CC(C)(C)c1cc2c(O)c(c1)Sc1cccc(c1OCC(=O)Nc1ccc([N+](=O)[O-])cc1)Sc1cccc(c1OCC(=O)Nc1ccc([N+](=O)[O-])cc1)Sc1cc(C(C)(C)C)cc(c1O)S2. The Balaban J connectivity index is 1.34. The van der Waals surface area contributed by atoms with Gasteiger partial charge in [-0.15, -0.1) is 0 Å². The number of carbonyl (C=O) groups is 2. The highest BCUT2D eigenvalue weighted by atomic mass is 32.2. The molecule has 1 aliphatic rings. The number of fused-ring (bicyclic) bond motifs is 8. The molecule has 0 fully saturated rings. The summed E-state index contributed by atoms with van der Waals surface area (Å²) in [6.07, 6.45) is 0. The molecule has 0 atom stereocenters. The van der Waals surface area contributed by atoms with Crippen molar-refractivity contribution in [2.75, 3.05) is 23.8 Å². The summed E-state index contributed by atoms with van der Waals surface area (Å²) in [7, 11) is 0. The molecule has 66 heavy (non-hydrogen) atoms. The fraction of sp³-hybridized carbons (Fsp3) is 0.208. The normalized spacial score (nSPS) is 12.5. The molecule has 18 heteroatoms.